The number of nitrogens with zero attached hydrogens (tertiary/aromatic N) is 2. The summed E-state index contributed by atoms with van der Waals surface area (Å²) in [5.41, 5.74) is 2.51. The van der Waals surface area contributed by atoms with Crippen LogP contribution >= 0.6 is 0 Å². The number of carbonyl (C=O) groups is 1. The summed E-state index contributed by atoms with van der Waals surface area (Å²) in [4.78, 5) is 11.9. The Morgan fingerprint density at radius 3 is 2.56 bits per heavy atom. The smallest absolute Gasteiger partial charge is 0.406 e. The van der Waals surface area contributed by atoms with E-state index in [1.54, 1.807) is 36.4 Å². The molecule has 0 radical (unpaired) electrons. The summed E-state index contributed by atoms with van der Waals surface area (Å²) in [6, 6.07) is 14.4. The van der Waals surface area contributed by atoms with Gasteiger partial charge in [-0.25, -0.2) is 0 Å². The zero-order valence-electron chi connectivity index (χ0n) is 21.8. The van der Waals surface area contributed by atoms with Crippen molar-refractivity contribution in [3.63, 3.8) is 0 Å². The molecule has 7 nitrogen and oxygen atoms in total. The van der Waals surface area contributed by atoms with Gasteiger partial charge in [0.2, 0.25) is 0 Å². The summed E-state index contributed by atoms with van der Waals surface area (Å²) in [6.45, 7) is -1.00. The number of nitrogens with one attached hydrogen (secondary N) is 3. The summed E-state index contributed by atoms with van der Waals surface area (Å²) in [5.74, 6) is 6.08. The lowest BCUT2D eigenvalue weighted by Gasteiger charge is -2.26. The molecule has 1 heterocycles. The highest BCUT2D eigenvalue weighted by Gasteiger charge is 2.30. The molecule has 1 amide bonds. The first-order chi connectivity index (χ1) is 18.7. The second-order valence-electron chi connectivity index (χ2n) is 9.44. The van der Waals surface area contributed by atoms with Gasteiger partial charge in [0.05, 0.1) is 36.6 Å². The molecular weight excluding hydrogens is 507 g/mol. The third-order valence-electron chi connectivity index (χ3n) is 6.83. The van der Waals surface area contributed by atoms with Gasteiger partial charge >= 0.3 is 6.18 Å². The predicted octanol–water partition coefficient (Wildman–Crippen LogP) is 5.53. The Labute approximate surface area is 225 Å². The number of alkyl halides is 3. The first-order valence-electron chi connectivity index (χ1n) is 12.7. The van der Waals surface area contributed by atoms with E-state index in [0.29, 0.717) is 27.9 Å². The van der Waals surface area contributed by atoms with Crippen molar-refractivity contribution in [2.75, 3.05) is 31.3 Å². The first kappa shape index (κ1) is 27.7. The summed E-state index contributed by atoms with van der Waals surface area (Å²) in [5, 5.41) is 19.0. The third-order valence-corrected chi connectivity index (χ3v) is 6.83. The minimum Gasteiger partial charge on any atom is -0.495 e. The van der Waals surface area contributed by atoms with Gasteiger partial charge in [-0.3, -0.25) is 4.79 Å². The number of anilines is 2. The van der Waals surface area contributed by atoms with E-state index >= 15 is 0 Å². The van der Waals surface area contributed by atoms with Crippen molar-refractivity contribution in [1.82, 2.24) is 9.88 Å². The molecule has 1 saturated carbocycles. The number of methoxy groups -OCH3 is 1. The molecule has 1 fully saturated rings. The van der Waals surface area contributed by atoms with Crippen LogP contribution < -0.4 is 20.7 Å². The molecule has 0 aliphatic heterocycles. The van der Waals surface area contributed by atoms with Crippen LogP contribution in [0.3, 0.4) is 0 Å². The van der Waals surface area contributed by atoms with Crippen molar-refractivity contribution in [2.24, 2.45) is 5.92 Å². The fraction of sp³-hybridized carbons (Fsp3) is 0.379. The number of amides is 1. The average molecular weight is 538 g/mol. The number of hydrogen-bond donors (Lipinski definition) is 3. The van der Waals surface area contributed by atoms with Gasteiger partial charge in [0.1, 0.15) is 12.3 Å². The van der Waals surface area contributed by atoms with E-state index in [9.17, 15) is 18.0 Å². The van der Waals surface area contributed by atoms with Crippen LogP contribution in [0.25, 0.3) is 10.9 Å². The SMILES string of the molecule is CNC(=O)c1ccc(NCC#Cc2cc3c(N[C@H]4CC[C@@H](C#N)CC4)cccc3n2CC(F)(F)F)c(OC)c1. The Bertz CT molecular complexity index is 1440. The van der Waals surface area contributed by atoms with Gasteiger partial charge in [0.25, 0.3) is 5.91 Å². The standard InChI is InChI=1S/C29H30F3N5O2/c1-34-28(38)20-10-13-25(27(15-20)39-2)35-14-4-5-22-16-23-24(36-21-11-8-19(17-33)9-12-21)6-3-7-26(23)37(22)18-29(30,31)32/h3,6-7,10,13,15-16,19,21,35-36H,8-9,11-12,14,18H2,1-2H3,(H,34,38)/t19-,21+. The fourth-order valence-electron chi connectivity index (χ4n) is 4.85. The molecule has 10 heteroatoms. The Kier molecular flexibility index (Phi) is 8.55. The zero-order valence-corrected chi connectivity index (χ0v) is 21.8. The van der Waals surface area contributed by atoms with Crippen LogP contribution in [0.2, 0.25) is 0 Å². The molecule has 0 saturated heterocycles. The van der Waals surface area contributed by atoms with E-state index in [1.807, 2.05) is 6.07 Å². The zero-order chi connectivity index (χ0) is 28.0. The second kappa shape index (κ2) is 12.0. The lowest BCUT2D eigenvalue weighted by Crippen LogP contribution is -2.25. The molecule has 0 spiro atoms. The van der Waals surface area contributed by atoms with E-state index in [0.717, 1.165) is 31.4 Å². The van der Waals surface area contributed by atoms with E-state index < -0.39 is 12.7 Å². The minimum atomic E-state index is -4.42. The van der Waals surface area contributed by atoms with Gasteiger partial charge in [-0.1, -0.05) is 12.0 Å². The van der Waals surface area contributed by atoms with Gasteiger partial charge in [-0.15, -0.1) is 0 Å². The quantitative estimate of drug-likeness (QED) is 0.345. The number of rotatable bonds is 7. The van der Waals surface area contributed by atoms with Crippen molar-refractivity contribution in [1.29, 1.82) is 5.26 Å². The number of ether oxygens (including phenoxy) is 1. The highest BCUT2D eigenvalue weighted by atomic mass is 19.4. The van der Waals surface area contributed by atoms with Crippen molar-refractivity contribution in [2.45, 2.75) is 44.4 Å². The maximum atomic E-state index is 13.5. The predicted molar refractivity (Wildman–Crippen MR) is 145 cm³/mol. The topological polar surface area (TPSA) is 91.1 Å². The third kappa shape index (κ3) is 6.77. The number of hydrogen-bond acceptors (Lipinski definition) is 5. The molecule has 0 unspecified atom stereocenters. The van der Waals surface area contributed by atoms with Crippen LogP contribution in [0.1, 0.15) is 41.7 Å². The number of carbonyl (C=O) groups excluding carboxylic acids is 1. The first-order valence-corrected chi connectivity index (χ1v) is 12.7. The molecule has 4 rings (SSSR count). The summed E-state index contributed by atoms with van der Waals surface area (Å²) < 4.78 is 47.1. The molecule has 2 aromatic carbocycles. The molecule has 204 valence electrons. The molecule has 1 aliphatic rings. The molecule has 0 atom stereocenters. The maximum Gasteiger partial charge on any atom is 0.406 e. The number of nitriles is 1. The molecule has 1 aromatic heterocycles. The number of benzene rings is 2. The summed E-state index contributed by atoms with van der Waals surface area (Å²) in [7, 11) is 3.02. The number of halogens is 3. The van der Waals surface area contributed by atoms with E-state index in [2.05, 4.69) is 33.9 Å². The molecule has 3 N–H and O–H groups in total. The summed E-state index contributed by atoms with van der Waals surface area (Å²) >= 11 is 0. The van der Waals surface area contributed by atoms with Crippen LogP contribution in [0.4, 0.5) is 24.5 Å². The van der Waals surface area contributed by atoms with Gasteiger partial charge in [-0.2, -0.15) is 18.4 Å². The fourth-order valence-corrected chi connectivity index (χ4v) is 4.85. The normalized spacial score (nSPS) is 17.0. The lowest BCUT2D eigenvalue weighted by molar-refractivity contribution is -0.140. The van der Waals surface area contributed by atoms with Gasteiger partial charge in [-0.05, 0) is 68.0 Å². The summed E-state index contributed by atoms with van der Waals surface area (Å²) in [6.07, 6.45) is -1.13. The van der Waals surface area contributed by atoms with Gasteiger partial charge < -0.3 is 25.3 Å². The van der Waals surface area contributed by atoms with E-state index in [-0.39, 0.29) is 30.1 Å². The van der Waals surface area contributed by atoms with E-state index in [4.69, 9.17) is 10.00 Å². The molecule has 1 aliphatic carbocycles. The van der Waals surface area contributed by atoms with Crippen LogP contribution in [-0.2, 0) is 6.54 Å². The van der Waals surface area contributed by atoms with Crippen molar-refractivity contribution in [3.8, 4) is 23.7 Å². The monoisotopic (exact) mass is 537 g/mol. The van der Waals surface area contributed by atoms with Crippen LogP contribution in [-0.4, -0.2) is 43.4 Å². The average Bonchev–Trinajstić information content (AvgIpc) is 3.27. The van der Waals surface area contributed by atoms with E-state index in [1.165, 1.54) is 18.7 Å². The Balaban J connectivity index is 1.57. The van der Waals surface area contributed by atoms with Crippen molar-refractivity contribution < 1.29 is 22.7 Å². The maximum absolute atomic E-state index is 13.5. The van der Waals surface area contributed by atoms with Crippen molar-refractivity contribution in [3.05, 3.63) is 53.7 Å². The highest BCUT2D eigenvalue weighted by Crippen LogP contribution is 2.33. The molecular formula is C29H30F3N5O2. The molecule has 3 aromatic rings. The van der Waals surface area contributed by atoms with Crippen LogP contribution in [0, 0.1) is 29.1 Å². The van der Waals surface area contributed by atoms with Crippen LogP contribution in [0.5, 0.6) is 5.75 Å². The van der Waals surface area contributed by atoms with Crippen molar-refractivity contribution >= 4 is 28.2 Å². The van der Waals surface area contributed by atoms with Gasteiger partial charge in [0.15, 0.2) is 0 Å². The molecule has 39 heavy (non-hydrogen) atoms. The number of aromatic nitrogens is 1. The minimum absolute atomic E-state index is 0.0657. The Hall–Kier alpha value is -4.31. The second-order valence-corrected chi connectivity index (χ2v) is 9.44. The van der Waals surface area contributed by atoms with Gasteiger partial charge in [0, 0.05) is 35.6 Å². The highest BCUT2D eigenvalue weighted by molar-refractivity contribution is 5.95. The largest absolute Gasteiger partial charge is 0.495 e. The molecule has 0 bridgehead atoms. The Morgan fingerprint density at radius 1 is 1.13 bits per heavy atom. The van der Waals surface area contributed by atoms with Crippen LogP contribution in [0.15, 0.2) is 42.5 Å². The number of fused-ring (bicyclic) bond motifs is 1. The Morgan fingerprint density at radius 2 is 1.90 bits per heavy atom. The lowest BCUT2D eigenvalue weighted by atomic mass is 9.87.